The van der Waals surface area contributed by atoms with Crippen LogP contribution in [0.4, 0.5) is 19.0 Å². The molecule has 4 aromatic rings. The second-order valence-corrected chi connectivity index (χ2v) is 6.29. The predicted octanol–water partition coefficient (Wildman–Crippen LogP) is 3.26. The maximum atomic E-state index is 13.7. The molecule has 2 N–H and O–H groups in total. The lowest BCUT2D eigenvalue weighted by Gasteiger charge is -2.07. The average Bonchev–Trinajstić information content (AvgIpc) is 3.09. The largest absolute Gasteiger partial charge is 0.433 e. The van der Waals surface area contributed by atoms with E-state index in [0.29, 0.717) is 4.52 Å². The number of fused-ring (bicyclic) bond motifs is 1. The third kappa shape index (κ3) is 3.26. The number of hydrogen-bond acceptors (Lipinski definition) is 4. The van der Waals surface area contributed by atoms with Gasteiger partial charge >= 0.3 is 6.18 Å². The quantitative estimate of drug-likeness (QED) is 0.541. The Bertz CT molecular complexity index is 1300. The number of hydrogen-bond donors (Lipinski definition) is 2. The molecule has 150 valence electrons. The average molecular weight is 411 g/mol. The summed E-state index contributed by atoms with van der Waals surface area (Å²) in [6.45, 7) is 1.38. The molecule has 10 heteroatoms. The molecule has 0 fully saturated rings. The van der Waals surface area contributed by atoms with Crippen molar-refractivity contribution in [3.63, 3.8) is 0 Å². The summed E-state index contributed by atoms with van der Waals surface area (Å²) < 4.78 is 41.7. The first-order chi connectivity index (χ1) is 14.3. The van der Waals surface area contributed by atoms with Crippen molar-refractivity contribution in [1.29, 1.82) is 0 Å². The first kappa shape index (κ1) is 19.2. The molecule has 1 aromatic carbocycles. The maximum Gasteiger partial charge on any atom is 0.433 e. The number of aromatic amines is 1. The molecule has 4 rings (SSSR count). The van der Waals surface area contributed by atoms with Crippen LogP contribution < -0.4 is 10.9 Å². The van der Waals surface area contributed by atoms with E-state index in [1.165, 1.54) is 31.3 Å². The van der Waals surface area contributed by atoms with Gasteiger partial charge in [0.25, 0.3) is 11.5 Å². The van der Waals surface area contributed by atoms with Crippen molar-refractivity contribution in [1.82, 2.24) is 19.6 Å². The second kappa shape index (κ2) is 7.04. The van der Waals surface area contributed by atoms with Crippen molar-refractivity contribution in [2.75, 3.05) is 5.32 Å². The van der Waals surface area contributed by atoms with Gasteiger partial charge in [0.05, 0.1) is 17.5 Å². The normalized spacial score (nSPS) is 11.3. The van der Waals surface area contributed by atoms with Gasteiger partial charge in [-0.2, -0.15) is 17.7 Å². The van der Waals surface area contributed by atoms with Gasteiger partial charge in [-0.3, -0.25) is 14.7 Å². The highest BCUT2D eigenvalue weighted by Gasteiger charge is 2.38. The van der Waals surface area contributed by atoms with Crippen molar-refractivity contribution in [2.24, 2.45) is 0 Å². The minimum absolute atomic E-state index is 0.0196. The number of H-pyrrole nitrogens is 1. The number of amides is 1. The van der Waals surface area contributed by atoms with E-state index in [4.69, 9.17) is 0 Å². The van der Waals surface area contributed by atoms with E-state index in [0.717, 1.165) is 0 Å². The molecule has 0 unspecified atom stereocenters. The fourth-order valence-corrected chi connectivity index (χ4v) is 3.06. The van der Waals surface area contributed by atoms with E-state index in [-0.39, 0.29) is 28.3 Å². The molecular formula is C20H12F3N5O2. The maximum absolute atomic E-state index is 13.7. The van der Waals surface area contributed by atoms with Crippen LogP contribution in [-0.4, -0.2) is 25.5 Å². The molecule has 0 atom stereocenters. The number of anilines is 1. The van der Waals surface area contributed by atoms with Crippen molar-refractivity contribution in [2.45, 2.75) is 13.1 Å². The molecule has 0 bridgehead atoms. The van der Waals surface area contributed by atoms with Crippen LogP contribution in [0.15, 0.2) is 47.4 Å². The van der Waals surface area contributed by atoms with Crippen LogP contribution in [0, 0.1) is 19.1 Å². The smallest absolute Gasteiger partial charge is 0.306 e. The summed E-state index contributed by atoms with van der Waals surface area (Å²) in [5.41, 5.74) is -2.80. The summed E-state index contributed by atoms with van der Waals surface area (Å²) in [6.07, 6.45) is -3.51. The molecular weight excluding hydrogens is 399 g/mol. The van der Waals surface area contributed by atoms with Gasteiger partial charge in [-0.1, -0.05) is 36.4 Å². The minimum atomic E-state index is -4.78. The van der Waals surface area contributed by atoms with Crippen molar-refractivity contribution < 1.29 is 18.0 Å². The van der Waals surface area contributed by atoms with E-state index in [2.05, 4.69) is 32.5 Å². The van der Waals surface area contributed by atoms with Crippen molar-refractivity contribution >= 4 is 17.4 Å². The molecule has 30 heavy (non-hydrogen) atoms. The van der Waals surface area contributed by atoms with Gasteiger partial charge in [0, 0.05) is 6.07 Å². The zero-order valence-corrected chi connectivity index (χ0v) is 15.3. The number of halogens is 3. The van der Waals surface area contributed by atoms with Crippen LogP contribution in [-0.2, 0) is 6.18 Å². The van der Waals surface area contributed by atoms with Crippen LogP contribution >= 0.6 is 0 Å². The lowest BCUT2D eigenvalue weighted by Crippen LogP contribution is -2.29. The highest BCUT2D eigenvalue weighted by atomic mass is 19.4. The van der Waals surface area contributed by atoms with Crippen LogP contribution in [0.25, 0.3) is 16.8 Å². The van der Waals surface area contributed by atoms with Gasteiger partial charge in [0.1, 0.15) is 17.1 Å². The fraction of sp³-hybridized carbons (Fsp3) is 0.100. The number of nitrogens with zero attached hydrogens (tertiary/aromatic N) is 3. The van der Waals surface area contributed by atoms with Gasteiger partial charge in [0.2, 0.25) is 0 Å². The van der Waals surface area contributed by atoms with Crippen LogP contribution in [0.2, 0.25) is 0 Å². The van der Waals surface area contributed by atoms with Crippen molar-refractivity contribution in [3.8, 4) is 11.1 Å². The number of carbonyl (C=O) groups excluding carboxylic acids is 1. The standard InChI is InChI=1S/C20H12F3N5O2/c1-11-14(18(29)26-13-9-5-6-10-24-13)19(30)28-17(25-11)15(12-7-3-2-4-8-12)16(27-28)20(21,22)23/h2-4,7-10,27H,1H3,(H,24,26,29). The summed E-state index contributed by atoms with van der Waals surface area (Å²) >= 11 is 0. The van der Waals surface area contributed by atoms with E-state index in [9.17, 15) is 22.8 Å². The molecule has 0 spiro atoms. The number of aromatic nitrogens is 4. The van der Waals surface area contributed by atoms with E-state index in [1.807, 2.05) is 0 Å². The van der Waals surface area contributed by atoms with Gasteiger partial charge in [-0.25, -0.2) is 9.97 Å². The molecule has 7 nitrogen and oxygen atoms in total. The van der Waals surface area contributed by atoms with E-state index >= 15 is 0 Å². The van der Waals surface area contributed by atoms with Crippen LogP contribution in [0.5, 0.6) is 0 Å². The summed E-state index contributed by atoms with van der Waals surface area (Å²) in [4.78, 5) is 33.5. The number of nitrogens with one attached hydrogen (secondary N) is 2. The second-order valence-electron chi connectivity index (χ2n) is 6.29. The first-order valence-corrected chi connectivity index (χ1v) is 8.60. The Kier molecular flexibility index (Phi) is 4.50. The zero-order chi connectivity index (χ0) is 21.5. The molecule has 3 aromatic heterocycles. The number of rotatable bonds is 3. The third-order valence-electron chi connectivity index (χ3n) is 4.34. The monoisotopic (exact) mass is 411 g/mol. The number of aryl methyl sites for hydroxylation is 1. The van der Waals surface area contributed by atoms with E-state index < -0.39 is 28.9 Å². The summed E-state index contributed by atoms with van der Waals surface area (Å²) in [5, 5.41) is 4.46. The van der Waals surface area contributed by atoms with Gasteiger partial charge in [-0.15, -0.1) is 0 Å². The fourth-order valence-electron chi connectivity index (χ4n) is 3.06. The Hall–Kier alpha value is -4.13. The van der Waals surface area contributed by atoms with Crippen molar-refractivity contribution in [3.05, 3.63) is 82.0 Å². The Morgan fingerprint density at radius 3 is 2.57 bits per heavy atom. The molecule has 0 aliphatic rings. The lowest BCUT2D eigenvalue weighted by molar-refractivity contribution is -0.140. The lowest BCUT2D eigenvalue weighted by atomic mass is 10.1. The minimum Gasteiger partial charge on any atom is -0.306 e. The third-order valence-corrected chi connectivity index (χ3v) is 4.34. The molecule has 0 aliphatic carbocycles. The highest BCUT2D eigenvalue weighted by molar-refractivity contribution is 6.04. The van der Waals surface area contributed by atoms with Gasteiger partial charge in [0.15, 0.2) is 5.65 Å². The highest BCUT2D eigenvalue weighted by Crippen LogP contribution is 2.38. The molecule has 1 amide bonds. The first-order valence-electron chi connectivity index (χ1n) is 8.60. The Labute approximate surface area is 167 Å². The SMILES string of the molecule is Cc1nc2c(-c3ccccc3)c(C(F)(F)F)[nH]n2c(=O)c1C(=O)Nc1cc#ccn1. The molecule has 0 saturated heterocycles. The van der Waals surface area contributed by atoms with Crippen LogP contribution in [0.3, 0.4) is 0 Å². The Morgan fingerprint density at radius 1 is 1.20 bits per heavy atom. The summed E-state index contributed by atoms with van der Waals surface area (Å²) in [7, 11) is 0. The zero-order valence-electron chi connectivity index (χ0n) is 15.3. The van der Waals surface area contributed by atoms with Gasteiger partial charge < -0.3 is 5.32 Å². The Morgan fingerprint density at radius 2 is 1.93 bits per heavy atom. The molecule has 0 saturated carbocycles. The molecule has 0 radical (unpaired) electrons. The molecule has 3 heterocycles. The number of benzene rings is 1. The number of alkyl halides is 3. The molecule has 0 aliphatic heterocycles. The topological polar surface area (TPSA) is 92.2 Å². The summed E-state index contributed by atoms with van der Waals surface area (Å²) in [6, 6.07) is 14.3. The van der Waals surface area contributed by atoms with Gasteiger partial charge in [-0.05, 0) is 18.6 Å². The number of carbonyl (C=O) groups is 1. The van der Waals surface area contributed by atoms with Crippen LogP contribution in [0.1, 0.15) is 21.7 Å². The Balaban J connectivity index is 1.93. The van der Waals surface area contributed by atoms with E-state index in [1.54, 1.807) is 18.2 Å². The summed E-state index contributed by atoms with van der Waals surface area (Å²) in [5.74, 6) is -0.744. The predicted molar refractivity (Wildman–Crippen MR) is 101 cm³/mol.